The van der Waals surface area contributed by atoms with Crippen molar-refractivity contribution in [3.63, 3.8) is 0 Å². The average molecular weight is 431 g/mol. The lowest BCUT2D eigenvalue weighted by Gasteiger charge is -2.22. The minimum absolute atomic E-state index is 0. The van der Waals surface area contributed by atoms with Gasteiger partial charge in [0, 0.05) is 30.2 Å². The second-order valence-electron chi connectivity index (χ2n) is 7.36. The molecule has 160 valence electrons. The summed E-state index contributed by atoms with van der Waals surface area (Å²) in [5.41, 5.74) is 4.63. The number of halogens is 1. The van der Waals surface area contributed by atoms with Crippen LogP contribution in [0.15, 0.2) is 42.5 Å². The van der Waals surface area contributed by atoms with E-state index in [4.69, 9.17) is 4.74 Å². The maximum atomic E-state index is 12.5. The first-order valence-corrected chi connectivity index (χ1v) is 10.1. The number of hydrogen-bond donors (Lipinski definition) is 4. The number of urea groups is 1. The Labute approximate surface area is 182 Å². The van der Waals surface area contributed by atoms with Crippen molar-refractivity contribution in [2.45, 2.75) is 31.8 Å². The van der Waals surface area contributed by atoms with E-state index >= 15 is 0 Å². The molecule has 4 rings (SSSR count). The number of anilines is 3. The first-order chi connectivity index (χ1) is 14.2. The van der Waals surface area contributed by atoms with Crippen LogP contribution in [0.25, 0.3) is 0 Å². The highest BCUT2D eigenvalue weighted by Crippen LogP contribution is 2.28. The van der Waals surface area contributed by atoms with Gasteiger partial charge in [0.1, 0.15) is 6.10 Å². The van der Waals surface area contributed by atoms with Crippen LogP contribution >= 0.6 is 12.4 Å². The Morgan fingerprint density at radius 1 is 0.967 bits per heavy atom. The molecule has 2 aromatic rings. The molecule has 1 fully saturated rings. The zero-order chi connectivity index (χ0) is 20.1. The van der Waals surface area contributed by atoms with Crippen LogP contribution in [0.4, 0.5) is 21.9 Å². The molecule has 0 aromatic heterocycles. The van der Waals surface area contributed by atoms with Gasteiger partial charge in [0.2, 0.25) is 0 Å². The smallest absolute Gasteiger partial charge is 0.323 e. The lowest BCUT2D eigenvalue weighted by Crippen LogP contribution is -2.45. The fraction of sp³-hybridized carbons (Fsp3) is 0.364. The zero-order valence-corrected chi connectivity index (χ0v) is 17.5. The summed E-state index contributed by atoms with van der Waals surface area (Å²) in [6.07, 6.45) is 3.89. The number of fused-ring (bicyclic) bond motifs is 1. The van der Waals surface area contributed by atoms with E-state index in [1.165, 1.54) is 17.5 Å². The van der Waals surface area contributed by atoms with Crippen LogP contribution in [0.3, 0.4) is 0 Å². The molecule has 0 radical (unpaired) electrons. The third-order valence-corrected chi connectivity index (χ3v) is 5.25. The number of aryl methyl sites for hydroxylation is 1. The molecular formula is C22H27ClN4O3. The highest BCUT2D eigenvalue weighted by Gasteiger charge is 2.21. The molecule has 2 aliphatic rings. The third kappa shape index (κ3) is 5.50. The summed E-state index contributed by atoms with van der Waals surface area (Å²) in [7, 11) is 0. The molecule has 3 amide bonds. The molecule has 1 heterocycles. The summed E-state index contributed by atoms with van der Waals surface area (Å²) in [4.78, 5) is 24.8. The summed E-state index contributed by atoms with van der Waals surface area (Å²) >= 11 is 0. The van der Waals surface area contributed by atoms with Crippen molar-refractivity contribution in [1.29, 1.82) is 0 Å². The van der Waals surface area contributed by atoms with E-state index in [-0.39, 0.29) is 24.3 Å². The van der Waals surface area contributed by atoms with Crippen LogP contribution in [0.5, 0.6) is 0 Å². The Balaban J connectivity index is 0.00000256. The lowest BCUT2D eigenvalue weighted by atomic mass is 9.90. The normalized spacial score (nSPS) is 17.8. The number of amides is 3. The third-order valence-electron chi connectivity index (χ3n) is 5.25. The van der Waals surface area contributed by atoms with Gasteiger partial charge in [-0.3, -0.25) is 4.79 Å². The van der Waals surface area contributed by atoms with Crippen molar-refractivity contribution < 1.29 is 14.3 Å². The van der Waals surface area contributed by atoms with Crippen LogP contribution in [-0.2, 0) is 22.4 Å². The lowest BCUT2D eigenvalue weighted by molar-refractivity contribution is -0.128. The van der Waals surface area contributed by atoms with Gasteiger partial charge in [0.25, 0.3) is 5.91 Å². The molecule has 1 saturated heterocycles. The van der Waals surface area contributed by atoms with Gasteiger partial charge >= 0.3 is 6.03 Å². The monoisotopic (exact) mass is 430 g/mol. The van der Waals surface area contributed by atoms with Gasteiger partial charge in [-0.2, -0.15) is 0 Å². The quantitative estimate of drug-likeness (QED) is 0.597. The molecule has 30 heavy (non-hydrogen) atoms. The molecule has 4 N–H and O–H groups in total. The van der Waals surface area contributed by atoms with Crippen LogP contribution in [0, 0.1) is 0 Å². The highest BCUT2D eigenvalue weighted by atomic mass is 35.5. The van der Waals surface area contributed by atoms with Crippen molar-refractivity contribution in [2.24, 2.45) is 0 Å². The predicted molar refractivity (Wildman–Crippen MR) is 121 cm³/mol. The van der Waals surface area contributed by atoms with E-state index < -0.39 is 6.10 Å². The fourth-order valence-electron chi connectivity index (χ4n) is 3.81. The Kier molecular flexibility index (Phi) is 7.68. The Bertz CT molecular complexity index is 900. The topological polar surface area (TPSA) is 91.5 Å². The van der Waals surface area contributed by atoms with Crippen LogP contribution in [-0.4, -0.2) is 37.7 Å². The van der Waals surface area contributed by atoms with Gasteiger partial charge in [-0.1, -0.05) is 18.2 Å². The van der Waals surface area contributed by atoms with Gasteiger partial charge in [0.05, 0.1) is 6.61 Å². The van der Waals surface area contributed by atoms with E-state index in [9.17, 15) is 9.59 Å². The fourth-order valence-corrected chi connectivity index (χ4v) is 3.81. The molecular weight excluding hydrogens is 404 g/mol. The summed E-state index contributed by atoms with van der Waals surface area (Å²) in [5, 5.41) is 11.8. The first-order valence-electron chi connectivity index (χ1n) is 10.1. The maximum absolute atomic E-state index is 12.5. The van der Waals surface area contributed by atoms with Gasteiger partial charge in [-0.15, -0.1) is 12.4 Å². The molecule has 0 spiro atoms. The summed E-state index contributed by atoms with van der Waals surface area (Å²) in [6, 6.07) is 12.8. The SMILES string of the molecule is Cl.O=C(Nc1cccc(NC(=O)C2CNCCO2)c1)Nc1cccc2c1CCCC2. The molecule has 1 atom stereocenters. The molecule has 7 nitrogen and oxygen atoms in total. The number of ether oxygens (including phenoxy) is 1. The minimum atomic E-state index is -0.507. The summed E-state index contributed by atoms with van der Waals surface area (Å²) in [5.74, 6) is -0.199. The molecule has 1 aliphatic carbocycles. The average Bonchev–Trinajstić information content (AvgIpc) is 2.75. The van der Waals surface area contributed by atoms with Gasteiger partial charge in [-0.25, -0.2) is 4.79 Å². The Morgan fingerprint density at radius 3 is 2.53 bits per heavy atom. The van der Waals surface area contributed by atoms with E-state index in [1.807, 2.05) is 12.1 Å². The molecule has 0 bridgehead atoms. The molecule has 8 heteroatoms. The minimum Gasteiger partial charge on any atom is -0.366 e. The van der Waals surface area contributed by atoms with E-state index in [2.05, 4.69) is 27.3 Å². The number of carbonyl (C=O) groups excluding carboxylic acids is 2. The first kappa shape index (κ1) is 22.1. The van der Waals surface area contributed by atoms with Crippen molar-refractivity contribution in [2.75, 3.05) is 35.6 Å². The number of carbonyl (C=O) groups is 2. The summed E-state index contributed by atoms with van der Waals surface area (Å²) in [6.45, 7) is 1.76. The van der Waals surface area contributed by atoms with Crippen molar-refractivity contribution in [3.05, 3.63) is 53.6 Å². The Hall–Kier alpha value is -2.61. The highest BCUT2D eigenvalue weighted by molar-refractivity contribution is 6.01. The molecule has 1 unspecified atom stereocenters. The number of morpholine rings is 1. The van der Waals surface area contributed by atoms with Gasteiger partial charge < -0.3 is 26.0 Å². The van der Waals surface area contributed by atoms with Crippen molar-refractivity contribution in [3.8, 4) is 0 Å². The van der Waals surface area contributed by atoms with Crippen molar-refractivity contribution >= 4 is 41.4 Å². The van der Waals surface area contributed by atoms with Crippen LogP contribution < -0.4 is 21.3 Å². The zero-order valence-electron chi connectivity index (χ0n) is 16.7. The van der Waals surface area contributed by atoms with E-state index in [0.29, 0.717) is 24.5 Å². The summed E-state index contributed by atoms with van der Waals surface area (Å²) < 4.78 is 5.46. The van der Waals surface area contributed by atoms with Crippen LogP contribution in [0.1, 0.15) is 24.0 Å². The van der Waals surface area contributed by atoms with E-state index in [1.54, 1.807) is 24.3 Å². The number of rotatable bonds is 4. The van der Waals surface area contributed by atoms with Gasteiger partial charge in [-0.05, 0) is 61.1 Å². The number of benzene rings is 2. The second-order valence-corrected chi connectivity index (χ2v) is 7.36. The molecule has 2 aromatic carbocycles. The van der Waals surface area contributed by atoms with Crippen LogP contribution in [0.2, 0.25) is 0 Å². The van der Waals surface area contributed by atoms with Gasteiger partial charge in [0.15, 0.2) is 0 Å². The standard InChI is InChI=1S/C22H26N4O3.ClH/c27-21(20-14-23-11-12-29-20)24-16-7-4-8-17(13-16)25-22(28)26-19-10-3-6-15-5-1-2-9-18(15)19;/h3-4,6-8,10,13,20,23H,1-2,5,9,11-12,14H2,(H,24,27)(H2,25,26,28);1H. The molecule has 1 aliphatic heterocycles. The van der Waals surface area contributed by atoms with E-state index in [0.717, 1.165) is 31.5 Å². The number of nitrogens with one attached hydrogen (secondary N) is 4. The Morgan fingerprint density at radius 2 is 1.73 bits per heavy atom. The number of hydrogen-bond acceptors (Lipinski definition) is 4. The second kappa shape index (κ2) is 10.4. The predicted octanol–water partition coefficient (Wildman–Crippen LogP) is 3.56. The molecule has 0 saturated carbocycles. The largest absolute Gasteiger partial charge is 0.366 e. The van der Waals surface area contributed by atoms with Crippen molar-refractivity contribution in [1.82, 2.24) is 5.32 Å². The maximum Gasteiger partial charge on any atom is 0.323 e.